The minimum Gasteiger partial charge on any atom is -0.492 e. The number of ether oxygens (including phenoxy) is 1. The van der Waals surface area contributed by atoms with Crippen LogP contribution in [-0.2, 0) is 6.54 Å². The third-order valence-electron chi connectivity index (χ3n) is 2.80. The molecule has 0 aliphatic heterocycles. The van der Waals surface area contributed by atoms with E-state index in [9.17, 15) is 0 Å². The average molecular weight is 389 g/mol. The van der Waals surface area contributed by atoms with Gasteiger partial charge in [0, 0.05) is 19.0 Å². The molecule has 4 heteroatoms. The summed E-state index contributed by atoms with van der Waals surface area (Å²) in [6.07, 6.45) is 7.14. The predicted octanol–water partition coefficient (Wildman–Crippen LogP) is 4.50. The Labute approximate surface area is 132 Å². The lowest BCUT2D eigenvalue weighted by atomic mass is 10.1. The lowest BCUT2D eigenvalue weighted by Crippen LogP contribution is -2.27. The smallest absolute Gasteiger partial charge is 0.147 e. The summed E-state index contributed by atoms with van der Waals surface area (Å²) in [6, 6.07) is 4.52. The van der Waals surface area contributed by atoms with Crippen molar-refractivity contribution in [1.29, 1.82) is 0 Å². The van der Waals surface area contributed by atoms with Crippen LogP contribution in [0.25, 0.3) is 0 Å². The fourth-order valence-electron chi connectivity index (χ4n) is 1.76. The van der Waals surface area contributed by atoms with Gasteiger partial charge in [-0.25, -0.2) is 0 Å². The van der Waals surface area contributed by atoms with Gasteiger partial charge in [0.2, 0.25) is 0 Å². The van der Waals surface area contributed by atoms with Crippen molar-refractivity contribution in [2.45, 2.75) is 39.3 Å². The molecule has 0 radical (unpaired) electrons. The van der Waals surface area contributed by atoms with E-state index in [1.165, 1.54) is 5.56 Å². The standard InChI is InChI=1S/C15H19Br2NO/c1-4-7-12(5-2)18-10-11-8-13(16)15(19-6-3)14(17)9-11/h1,8-9,12,18H,5-7,10H2,2-3H3. The van der Waals surface area contributed by atoms with Crippen molar-refractivity contribution < 1.29 is 4.74 Å². The van der Waals surface area contributed by atoms with Crippen LogP contribution in [0.1, 0.15) is 32.3 Å². The van der Waals surface area contributed by atoms with E-state index in [4.69, 9.17) is 11.2 Å². The quantitative estimate of drug-likeness (QED) is 0.694. The van der Waals surface area contributed by atoms with Crippen LogP contribution in [0, 0.1) is 12.3 Å². The number of halogens is 2. The molecule has 1 rings (SSSR count). The number of benzene rings is 1. The topological polar surface area (TPSA) is 21.3 Å². The average Bonchev–Trinajstić information content (AvgIpc) is 2.38. The van der Waals surface area contributed by atoms with Gasteiger partial charge in [-0.1, -0.05) is 6.92 Å². The number of hydrogen-bond donors (Lipinski definition) is 1. The van der Waals surface area contributed by atoms with Crippen molar-refractivity contribution in [2.75, 3.05) is 6.61 Å². The monoisotopic (exact) mass is 387 g/mol. The Kier molecular flexibility index (Phi) is 7.52. The minimum absolute atomic E-state index is 0.370. The molecular weight excluding hydrogens is 370 g/mol. The molecular formula is C15H19Br2NO. The minimum atomic E-state index is 0.370. The van der Waals surface area contributed by atoms with E-state index < -0.39 is 0 Å². The van der Waals surface area contributed by atoms with Gasteiger partial charge in [-0.3, -0.25) is 0 Å². The number of terminal acetylenes is 1. The molecule has 0 saturated carbocycles. The second-order valence-electron chi connectivity index (χ2n) is 4.22. The molecule has 0 aromatic heterocycles. The van der Waals surface area contributed by atoms with Crippen LogP contribution in [0.15, 0.2) is 21.1 Å². The zero-order valence-corrected chi connectivity index (χ0v) is 14.5. The van der Waals surface area contributed by atoms with Crippen LogP contribution in [0.5, 0.6) is 5.75 Å². The highest BCUT2D eigenvalue weighted by atomic mass is 79.9. The molecule has 0 saturated heterocycles. The van der Waals surface area contributed by atoms with Gasteiger partial charge in [0.05, 0.1) is 15.6 Å². The SMILES string of the molecule is C#CCC(CC)NCc1cc(Br)c(OCC)c(Br)c1. The summed E-state index contributed by atoms with van der Waals surface area (Å²) >= 11 is 7.08. The Morgan fingerprint density at radius 3 is 2.42 bits per heavy atom. The van der Waals surface area contributed by atoms with Crippen LogP contribution in [0.3, 0.4) is 0 Å². The molecule has 0 amide bonds. The third kappa shape index (κ3) is 5.18. The summed E-state index contributed by atoms with van der Waals surface area (Å²) in [5.74, 6) is 3.55. The zero-order chi connectivity index (χ0) is 14.3. The van der Waals surface area contributed by atoms with Gasteiger partial charge in [0.15, 0.2) is 0 Å². The summed E-state index contributed by atoms with van der Waals surface area (Å²) in [5.41, 5.74) is 1.19. The molecule has 0 bridgehead atoms. The molecule has 1 aromatic rings. The Morgan fingerprint density at radius 1 is 1.32 bits per heavy atom. The van der Waals surface area contributed by atoms with E-state index in [-0.39, 0.29) is 0 Å². The van der Waals surface area contributed by atoms with Crippen LogP contribution in [0.2, 0.25) is 0 Å². The highest BCUT2D eigenvalue weighted by Crippen LogP contribution is 2.34. The van der Waals surface area contributed by atoms with Crippen LogP contribution < -0.4 is 10.1 Å². The first-order valence-corrected chi connectivity index (χ1v) is 7.98. The van der Waals surface area contributed by atoms with Crippen molar-refractivity contribution in [3.63, 3.8) is 0 Å². The maximum atomic E-state index is 5.57. The molecule has 1 atom stereocenters. The van der Waals surface area contributed by atoms with Gasteiger partial charge in [0.25, 0.3) is 0 Å². The van der Waals surface area contributed by atoms with Crippen molar-refractivity contribution >= 4 is 31.9 Å². The molecule has 0 aliphatic carbocycles. The van der Waals surface area contributed by atoms with Gasteiger partial charge >= 0.3 is 0 Å². The molecule has 0 spiro atoms. The van der Waals surface area contributed by atoms with E-state index in [0.29, 0.717) is 12.6 Å². The van der Waals surface area contributed by atoms with Gasteiger partial charge in [-0.05, 0) is 62.9 Å². The summed E-state index contributed by atoms with van der Waals surface area (Å²) in [7, 11) is 0. The Morgan fingerprint density at radius 2 is 1.95 bits per heavy atom. The van der Waals surface area contributed by atoms with Crippen molar-refractivity contribution in [3.8, 4) is 18.1 Å². The van der Waals surface area contributed by atoms with Crippen LogP contribution in [0.4, 0.5) is 0 Å². The van der Waals surface area contributed by atoms with E-state index in [0.717, 1.165) is 34.1 Å². The van der Waals surface area contributed by atoms with E-state index in [2.05, 4.69) is 62.2 Å². The summed E-state index contributed by atoms with van der Waals surface area (Å²) in [6.45, 7) is 5.55. The van der Waals surface area contributed by atoms with Crippen LogP contribution in [-0.4, -0.2) is 12.6 Å². The van der Waals surface area contributed by atoms with Gasteiger partial charge in [-0.2, -0.15) is 0 Å². The molecule has 0 heterocycles. The van der Waals surface area contributed by atoms with Crippen molar-refractivity contribution in [2.24, 2.45) is 0 Å². The predicted molar refractivity (Wildman–Crippen MR) is 87.4 cm³/mol. The Hall–Kier alpha value is -0.500. The fourth-order valence-corrected chi connectivity index (χ4v) is 3.27. The molecule has 104 valence electrons. The summed E-state index contributed by atoms with van der Waals surface area (Å²) < 4.78 is 7.49. The maximum Gasteiger partial charge on any atom is 0.147 e. The second kappa shape index (κ2) is 8.63. The van der Waals surface area contributed by atoms with Crippen molar-refractivity contribution in [1.82, 2.24) is 5.32 Å². The maximum absolute atomic E-state index is 5.57. The number of nitrogens with one attached hydrogen (secondary N) is 1. The van der Waals surface area contributed by atoms with Crippen molar-refractivity contribution in [3.05, 3.63) is 26.6 Å². The lowest BCUT2D eigenvalue weighted by molar-refractivity contribution is 0.336. The molecule has 19 heavy (non-hydrogen) atoms. The first-order chi connectivity index (χ1) is 9.12. The van der Waals surface area contributed by atoms with Gasteiger partial charge in [-0.15, -0.1) is 12.3 Å². The highest BCUT2D eigenvalue weighted by molar-refractivity contribution is 9.11. The number of rotatable bonds is 7. The van der Waals surface area contributed by atoms with Gasteiger partial charge < -0.3 is 10.1 Å². The normalized spacial score (nSPS) is 11.9. The largest absolute Gasteiger partial charge is 0.492 e. The summed E-state index contributed by atoms with van der Waals surface area (Å²) in [5, 5.41) is 3.47. The van der Waals surface area contributed by atoms with E-state index in [1.54, 1.807) is 0 Å². The Balaban J connectivity index is 2.72. The Bertz CT molecular complexity index is 431. The highest BCUT2D eigenvalue weighted by Gasteiger charge is 2.10. The molecule has 1 aromatic carbocycles. The molecule has 1 unspecified atom stereocenters. The zero-order valence-electron chi connectivity index (χ0n) is 11.3. The third-order valence-corrected chi connectivity index (χ3v) is 3.98. The van der Waals surface area contributed by atoms with Crippen LogP contribution >= 0.6 is 31.9 Å². The van der Waals surface area contributed by atoms with E-state index >= 15 is 0 Å². The molecule has 0 fully saturated rings. The van der Waals surface area contributed by atoms with E-state index in [1.807, 2.05) is 6.92 Å². The lowest BCUT2D eigenvalue weighted by Gasteiger charge is -2.15. The van der Waals surface area contributed by atoms with Gasteiger partial charge in [0.1, 0.15) is 5.75 Å². The molecule has 2 nitrogen and oxygen atoms in total. The first kappa shape index (κ1) is 16.6. The fraction of sp³-hybridized carbons (Fsp3) is 0.467. The molecule has 1 N–H and O–H groups in total. The summed E-state index contributed by atoms with van der Waals surface area (Å²) in [4.78, 5) is 0. The first-order valence-electron chi connectivity index (χ1n) is 6.39. The second-order valence-corrected chi connectivity index (χ2v) is 5.92. The molecule has 0 aliphatic rings. The number of hydrogen-bond acceptors (Lipinski definition) is 2.